The smallest absolute Gasteiger partial charge is 0.227 e. The summed E-state index contributed by atoms with van der Waals surface area (Å²) >= 11 is 0. The van der Waals surface area contributed by atoms with Crippen molar-refractivity contribution in [2.75, 3.05) is 0 Å². The molecule has 1 saturated carbocycles. The van der Waals surface area contributed by atoms with Gasteiger partial charge in [-0.1, -0.05) is 38.3 Å². The van der Waals surface area contributed by atoms with Crippen molar-refractivity contribution < 1.29 is 4.79 Å². The van der Waals surface area contributed by atoms with E-state index in [-0.39, 0.29) is 11.8 Å². The normalized spacial score (nSPS) is 18.7. The van der Waals surface area contributed by atoms with Crippen LogP contribution in [0.5, 0.6) is 0 Å². The van der Waals surface area contributed by atoms with Crippen LogP contribution in [0.25, 0.3) is 0 Å². The monoisotopic (exact) mass is 207 g/mol. The Bertz CT molecular complexity index is 237. The number of carbonyl (C=O) groups is 1. The zero-order valence-electron chi connectivity index (χ0n) is 9.54. The molecule has 0 heterocycles. The van der Waals surface area contributed by atoms with E-state index in [1.165, 1.54) is 19.3 Å². The molecule has 0 aromatic rings. The lowest BCUT2D eigenvalue weighted by atomic mass is 9.89. The molecule has 0 spiro atoms. The second-order valence-electron chi connectivity index (χ2n) is 4.04. The summed E-state index contributed by atoms with van der Waals surface area (Å²) < 4.78 is 0. The fourth-order valence-corrected chi connectivity index (χ4v) is 1.88. The Morgan fingerprint density at radius 1 is 1.27 bits per heavy atom. The lowest BCUT2D eigenvalue weighted by molar-refractivity contribution is -0.124. The molecule has 0 saturated heterocycles. The molecule has 0 atom stereocenters. The Balaban J connectivity index is 2.22. The van der Waals surface area contributed by atoms with Gasteiger partial charge in [-0.3, -0.25) is 4.79 Å². The Morgan fingerprint density at radius 2 is 2.00 bits per heavy atom. The maximum Gasteiger partial charge on any atom is 0.227 e. The molecule has 0 unspecified atom stereocenters. The summed E-state index contributed by atoms with van der Waals surface area (Å²) in [6.45, 7) is 2.09. The predicted molar refractivity (Wildman–Crippen MR) is 63.3 cm³/mol. The van der Waals surface area contributed by atoms with E-state index in [1.54, 1.807) is 6.20 Å². The number of carbonyl (C=O) groups excluding carboxylic acids is 1. The van der Waals surface area contributed by atoms with Crippen LogP contribution in [-0.2, 0) is 4.79 Å². The topological polar surface area (TPSA) is 29.1 Å². The summed E-state index contributed by atoms with van der Waals surface area (Å²) in [4.78, 5) is 11.6. The van der Waals surface area contributed by atoms with Crippen LogP contribution >= 0.6 is 0 Å². The number of hydrogen-bond acceptors (Lipinski definition) is 1. The third-order valence-electron chi connectivity index (χ3n) is 2.78. The van der Waals surface area contributed by atoms with Crippen molar-refractivity contribution >= 4 is 5.91 Å². The molecular weight excluding hydrogens is 186 g/mol. The molecule has 1 aliphatic rings. The van der Waals surface area contributed by atoms with Crippen LogP contribution in [0.1, 0.15) is 45.4 Å². The van der Waals surface area contributed by atoms with E-state index in [1.807, 2.05) is 12.2 Å². The van der Waals surface area contributed by atoms with E-state index in [2.05, 4.69) is 18.3 Å². The van der Waals surface area contributed by atoms with Crippen LogP contribution in [0.2, 0.25) is 0 Å². The van der Waals surface area contributed by atoms with Gasteiger partial charge in [0, 0.05) is 12.1 Å². The first kappa shape index (κ1) is 12.0. The van der Waals surface area contributed by atoms with Gasteiger partial charge in [0.1, 0.15) is 0 Å². The predicted octanol–water partition coefficient (Wildman–Crippen LogP) is 3.16. The number of amides is 1. The van der Waals surface area contributed by atoms with Crippen molar-refractivity contribution in [3.63, 3.8) is 0 Å². The van der Waals surface area contributed by atoms with Crippen LogP contribution < -0.4 is 5.32 Å². The number of nitrogens with one attached hydrogen (secondary N) is 1. The van der Waals surface area contributed by atoms with Gasteiger partial charge in [-0.2, -0.15) is 0 Å². The highest BCUT2D eigenvalue weighted by molar-refractivity contribution is 5.79. The van der Waals surface area contributed by atoms with E-state index >= 15 is 0 Å². The van der Waals surface area contributed by atoms with Crippen molar-refractivity contribution in [1.29, 1.82) is 0 Å². The summed E-state index contributed by atoms with van der Waals surface area (Å²) in [6.07, 6.45) is 14.5. The quantitative estimate of drug-likeness (QED) is 0.705. The second-order valence-corrected chi connectivity index (χ2v) is 4.04. The molecule has 0 aromatic carbocycles. The Morgan fingerprint density at radius 3 is 2.67 bits per heavy atom. The largest absolute Gasteiger partial charge is 0.332 e. The maximum atomic E-state index is 11.6. The molecule has 0 aliphatic heterocycles. The molecule has 1 fully saturated rings. The highest BCUT2D eigenvalue weighted by atomic mass is 16.1. The second kappa shape index (κ2) is 7.27. The van der Waals surface area contributed by atoms with E-state index in [9.17, 15) is 4.79 Å². The first-order chi connectivity index (χ1) is 7.34. The molecule has 1 N–H and O–H groups in total. The number of hydrogen-bond donors (Lipinski definition) is 1. The molecule has 0 radical (unpaired) electrons. The SMILES string of the molecule is CC/C=C/C=C/NC(=O)C1CCCCC1. The average Bonchev–Trinajstić information content (AvgIpc) is 2.30. The molecule has 2 heteroatoms. The van der Waals surface area contributed by atoms with Crippen LogP contribution in [0.15, 0.2) is 24.4 Å². The fourth-order valence-electron chi connectivity index (χ4n) is 1.88. The molecular formula is C13H21NO. The fraction of sp³-hybridized carbons (Fsp3) is 0.615. The standard InChI is InChI=1S/C13H21NO/c1-2-3-4-8-11-14-13(15)12-9-6-5-7-10-12/h3-4,8,11-12H,2,5-7,9-10H2,1H3,(H,14,15)/b4-3+,11-8+. The van der Waals surface area contributed by atoms with Gasteiger partial charge in [-0.05, 0) is 25.3 Å². The van der Waals surface area contributed by atoms with Crippen LogP contribution in [0.3, 0.4) is 0 Å². The summed E-state index contributed by atoms with van der Waals surface area (Å²) in [7, 11) is 0. The van der Waals surface area contributed by atoms with Gasteiger partial charge in [0.15, 0.2) is 0 Å². The van der Waals surface area contributed by atoms with Crippen LogP contribution in [0, 0.1) is 5.92 Å². The van der Waals surface area contributed by atoms with E-state index in [0.717, 1.165) is 19.3 Å². The van der Waals surface area contributed by atoms with Crippen molar-refractivity contribution in [1.82, 2.24) is 5.32 Å². The molecule has 0 aromatic heterocycles. The Kier molecular flexibility index (Phi) is 5.83. The molecule has 2 nitrogen and oxygen atoms in total. The van der Waals surface area contributed by atoms with Crippen molar-refractivity contribution in [3.8, 4) is 0 Å². The average molecular weight is 207 g/mol. The zero-order chi connectivity index (χ0) is 10.9. The van der Waals surface area contributed by atoms with E-state index in [4.69, 9.17) is 0 Å². The lowest BCUT2D eigenvalue weighted by Gasteiger charge is -2.19. The summed E-state index contributed by atoms with van der Waals surface area (Å²) in [6, 6.07) is 0. The van der Waals surface area contributed by atoms with Gasteiger partial charge in [0.05, 0.1) is 0 Å². The van der Waals surface area contributed by atoms with Crippen molar-refractivity contribution in [2.24, 2.45) is 5.92 Å². The molecule has 1 aliphatic carbocycles. The van der Waals surface area contributed by atoms with Gasteiger partial charge < -0.3 is 5.32 Å². The highest BCUT2D eigenvalue weighted by Gasteiger charge is 2.19. The van der Waals surface area contributed by atoms with Crippen molar-refractivity contribution in [3.05, 3.63) is 24.4 Å². The third kappa shape index (κ3) is 4.82. The minimum atomic E-state index is 0.191. The van der Waals surface area contributed by atoms with Gasteiger partial charge >= 0.3 is 0 Å². The minimum Gasteiger partial charge on any atom is -0.332 e. The summed E-state index contributed by atoms with van der Waals surface area (Å²) in [5, 5.41) is 2.84. The molecule has 0 bridgehead atoms. The van der Waals surface area contributed by atoms with E-state index in [0.29, 0.717) is 0 Å². The molecule has 1 rings (SSSR count). The number of allylic oxidation sites excluding steroid dienone is 3. The summed E-state index contributed by atoms with van der Waals surface area (Å²) in [5.74, 6) is 0.439. The maximum absolute atomic E-state index is 11.6. The van der Waals surface area contributed by atoms with Gasteiger partial charge in [0.25, 0.3) is 0 Å². The van der Waals surface area contributed by atoms with Crippen LogP contribution in [0.4, 0.5) is 0 Å². The van der Waals surface area contributed by atoms with Crippen LogP contribution in [-0.4, -0.2) is 5.91 Å². The minimum absolute atomic E-state index is 0.191. The third-order valence-corrected chi connectivity index (χ3v) is 2.78. The lowest BCUT2D eigenvalue weighted by Crippen LogP contribution is -2.28. The first-order valence-electron chi connectivity index (χ1n) is 5.96. The molecule has 1 amide bonds. The highest BCUT2D eigenvalue weighted by Crippen LogP contribution is 2.23. The molecule has 84 valence electrons. The molecule has 15 heavy (non-hydrogen) atoms. The Hall–Kier alpha value is -1.05. The van der Waals surface area contributed by atoms with Crippen molar-refractivity contribution in [2.45, 2.75) is 45.4 Å². The summed E-state index contributed by atoms with van der Waals surface area (Å²) in [5.41, 5.74) is 0. The Labute approximate surface area is 92.4 Å². The zero-order valence-corrected chi connectivity index (χ0v) is 9.54. The van der Waals surface area contributed by atoms with Gasteiger partial charge in [-0.15, -0.1) is 0 Å². The first-order valence-corrected chi connectivity index (χ1v) is 5.96. The van der Waals surface area contributed by atoms with E-state index < -0.39 is 0 Å². The van der Waals surface area contributed by atoms with Gasteiger partial charge in [-0.25, -0.2) is 0 Å². The van der Waals surface area contributed by atoms with Gasteiger partial charge in [0.2, 0.25) is 5.91 Å². The number of rotatable bonds is 4.